The van der Waals surface area contributed by atoms with Crippen LogP contribution < -0.4 is 16.1 Å². The van der Waals surface area contributed by atoms with E-state index in [4.69, 9.17) is 25.9 Å². The number of hydrogen-bond acceptors (Lipinski definition) is 8. The molecule has 0 fully saturated rings. The number of imidazole rings is 1. The number of nitrogens with two attached hydrogens (primary N) is 1. The van der Waals surface area contributed by atoms with Gasteiger partial charge in [0.15, 0.2) is 17.3 Å². The molecule has 20 heavy (non-hydrogen) atoms. The Morgan fingerprint density at radius 2 is 2.05 bits per heavy atom. The van der Waals surface area contributed by atoms with Gasteiger partial charge in [0.25, 0.3) is 0 Å². The molecule has 0 radical (unpaired) electrons. The number of nitrogen functional groups attached to an aromatic ring is 1. The number of aliphatic hydroxyl groups excluding tert-OH is 3. The zero-order chi connectivity index (χ0) is 14.7. The molecule has 2 aromatic rings. The molecule has 2 rings (SSSR count). The van der Waals surface area contributed by atoms with Crippen molar-refractivity contribution in [1.29, 1.82) is 0 Å². The van der Waals surface area contributed by atoms with Crippen LogP contribution in [0.25, 0.3) is 11.2 Å². The smallest absolute Gasteiger partial charge is 0.316 e. The molecule has 0 aliphatic heterocycles. The standard InChI is InChI=1S/C10H15N5O5/c11-10-13-8-7(12-5-14(8)1-2-16)9(19)15(10)20-6(3-17)4-18/h5-6,16-18H,1-4H2,(H2,11,13). The zero-order valence-corrected chi connectivity index (χ0v) is 10.5. The molecule has 0 saturated carbocycles. The van der Waals surface area contributed by atoms with Crippen molar-refractivity contribution < 1.29 is 20.2 Å². The van der Waals surface area contributed by atoms with Crippen LogP contribution >= 0.6 is 0 Å². The van der Waals surface area contributed by atoms with Crippen molar-refractivity contribution in [3.8, 4) is 0 Å². The summed E-state index contributed by atoms with van der Waals surface area (Å²) in [6.07, 6.45) is 0.364. The van der Waals surface area contributed by atoms with Gasteiger partial charge in [0.1, 0.15) is 0 Å². The highest BCUT2D eigenvalue weighted by molar-refractivity contribution is 5.70. The Labute approximate surface area is 112 Å². The number of aromatic nitrogens is 4. The van der Waals surface area contributed by atoms with Crippen LogP contribution in [0.4, 0.5) is 5.95 Å². The Hall–Kier alpha value is -2.17. The Morgan fingerprint density at radius 1 is 1.35 bits per heavy atom. The number of hydrogen-bond donors (Lipinski definition) is 4. The van der Waals surface area contributed by atoms with Gasteiger partial charge in [-0.25, -0.2) is 4.98 Å². The minimum atomic E-state index is -0.992. The first-order chi connectivity index (χ1) is 9.62. The lowest BCUT2D eigenvalue weighted by atomic mass is 10.4. The molecule has 2 heterocycles. The highest BCUT2D eigenvalue weighted by Crippen LogP contribution is 2.08. The molecule has 10 nitrogen and oxygen atoms in total. The van der Waals surface area contributed by atoms with Crippen LogP contribution in [0.5, 0.6) is 0 Å². The molecule has 0 aliphatic rings. The summed E-state index contributed by atoms with van der Waals surface area (Å²) in [5.74, 6) is -0.242. The lowest BCUT2D eigenvalue weighted by molar-refractivity contribution is -0.0297. The predicted molar refractivity (Wildman–Crippen MR) is 67.8 cm³/mol. The summed E-state index contributed by atoms with van der Waals surface area (Å²) in [6, 6.07) is 0. The van der Waals surface area contributed by atoms with Crippen molar-refractivity contribution in [2.45, 2.75) is 12.6 Å². The predicted octanol–water partition coefficient (Wildman–Crippen LogP) is -3.05. The van der Waals surface area contributed by atoms with Gasteiger partial charge in [0.2, 0.25) is 5.95 Å². The molecule has 0 aromatic carbocycles. The van der Waals surface area contributed by atoms with Gasteiger partial charge in [-0.3, -0.25) is 4.79 Å². The monoisotopic (exact) mass is 285 g/mol. The van der Waals surface area contributed by atoms with E-state index in [9.17, 15) is 4.79 Å². The molecule has 0 amide bonds. The molecule has 110 valence electrons. The highest BCUT2D eigenvalue weighted by atomic mass is 16.7. The summed E-state index contributed by atoms with van der Waals surface area (Å²) in [7, 11) is 0. The first-order valence-electron chi connectivity index (χ1n) is 5.85. The second kappa shape index (κ2) is 5.86. The molecule has 0 aliphatic carbocycles. The second-order valence-corrected chi connectivity index (χ2v) is 4.00. The van der Waals surface area contributed by atoms with Gasteiger partial charge in [-0.2, -0.15) is 4.98 Å². The van der Waals surface area contributed by atoms with Crippen LogP contribution in [0, 0.1) is 0 Å². The molecular formula is C10H15N5O5. The van der Waals surface area contributed by atoms with Crippen molar-refractivity contribution >= 4 is 17.1 Å². The summed E-state index contributed by atoms with van der Waals surface area (Å²) in [4.78, 5) is 25.1. The molecule has 0 unspecified atom stereocenters. The fraction of sp³-hybridized carbons (Fsp3) is 0.500. The highest BCUT2D eigenvalue weighted by Gasteiger charge is 2.17. The average molecular weight is 285 g/mol. The SMILES string of the molecule is Nc1nc2c(ncn2CCO)c(=O)n1OC(CO)CO. The van der Waals surface area contributed by atoms with E-state index in [-0.39, 0.29) is 30.3 Å². The molecule has 0 spiro atoms. The van der Waals surface area contributed by atoms with Crippen LogP contribution in [0.15, 0.2) is 11.1 Å². The minimum Gasteiger partial charge on any atom is -0.399 e. The van der Waals surface area contributed by atoms with E-state index < -0.39 is 24.9 Å². The Kier molecular flexibility index (Phi) is 4.17. The van der Waals surface area contributed by atoms with E-state index in [2.05, 4.69) is 9.97 Å². The fourth-order valence-electron chi connectivity index (χ4n) is 1.64. The van der Waals surface area contributed by atoms with Crippen LogP contribution in [0.2, 0.25) is 0 Å². The molecule has 0 bridgehead atoms. The number of aliphatic hydroxyl groups is 3. The Bertz CT molecular complexity index is 647. The van der Waals surface area contributed by atoms with Gasteiger partial charge >= 0.3 is 5.56 Å². The number of fused-ring (bicyclic) bond motifs is 1. The van der Waals surface area contributed by atoms with E-state index >= 15 is 0 Å². The zero-order valence-electron chi connectivity index (χ0n) is 10.5. The number of nitrogens with zero attached hydrogens (tertiary/aromatic N) is 4. The van der Waals surface area contributed by atoms with Crippen LogP contribution in [0.3, 0.4) is 0 Å². The first-order valence-corrected chi connectivity index (χ1v) is 5.85. The van der Waals surface area contributed by atoms with E-state index in [1.165, 1.54) is 10.9 Å². The summed E-state index contributed by atoms with van der Waals surface area (Å²) < 4.78 is 2.16. The minimum absolute atomic E-state index is 0.0160. The van der Waals surface area contributed by atoms with Crippen LogP contribution in [-0.4, -0.2) is 60.5 Å². The van der Waals surface area contributed by atoms with Crippen LogP contribution in [0.1, 0.15) is 0 Å². The van der Waals surface area contributed by atoms with E-state index in [0.717, 1.165) is 0 Å². The summed E-state index contributed by atoms with van der Waals surface area (Å²) in [6.45, 7) is -0.883. The van der Waals surface area contributed by atoms with Gasteiger partial charge in [-0.05, 0) is 0 Å². The van der Waals surface area contributed by atoms with E-state index in [1.807, 2.05) is 0 Å². The lowest BCUT2D eigenvalue weighted by Crippen LogP contribution is -2.39. The third-order valence-electron chi connectivity index (χ3n) is 2.63. The summed E-state index contributed by atoms with van der Waals surface area (Å²) >= 11 is 0. The number of anilines is 1. The topological polar surface area (TPSA) is 149 Å². The average Bonchev–Trinajstić information content (AvgIpc) is 2.83. The maximum Gasteiger partial charge on any atom is 0.316 e. The summed E-state index contributed by atoms with van der Waals surface area (Å²) in [5, 5.41) is 26.8. The molecule has 2 aromatic heterocycles. The van der Waals surface area contributed by atoms with Gasteiger partial charge in [0.05, 0.1) is 26.1 Å². The van der Waals surface area contributed by atoms with Crippen molar-refractivity contribution in [1.82, 2.24) is 19.3 Å². The third-order valence-corrected chi connectivity index (χ3v) is 2.63. The molecule has 10 heteroatoms. The van der Waals surface area contributed by atoms with Crippen molar-refractivity contribution in [3.05, 3.63) is 16.7 Å². The van der Waals surface area contributed by atoms with Gasteiger partial charge in [0, 0.05) is 6.54 Å². The molecule has 5 N–H and O–H groups in total. The van der Waals surface area contributed by atoms with Gasteiger partial charge < -0.3 is 30.5 Å². The van der Waals surface area contributed by atoms with Crippen molar-refractivity contribution in [2.75, 3.05) is 25.6 Å². The van der Waals surface area contributed by atoms with Gasteiger partial charge in [-0.1, -0.05) is 0 Å². The largest absolute Gasteiger partial charge is 0.399 e. The maximum atomic E-state index is 12.2. The Balaban J connectivity index is 2.50. The summed E-state index contributed by atoms with van der Waals surface area (Å²) in [5.41, 5.74) is 5.22. The quantitative estimate of drug-likeness (QED) is 0.437. The maximum absolute atomic E-state index is 12.2. The third kappa shape index (κ3) is 2.43. The molecule has 0 saturated heterocycles. The Morgan fingerprint density at radius 3 is 2.65 bits per heavy atom. The first kappa shape index (κ1) is 14.2. The van der Waals surface area contributed by atoms with Crippen molar-refractivity contribution in [3.63, 3.8) is 0 Å². The molecular weight excluding hydrogens is 270 g/mol. The van der Waals surface area contributed by atoms with Gasteiger partial charge in [-0.15, -0.1) is 4.73 Å². The number of rotatable bonds is 6. The molecule has 0 atom stereocenters. The fourth-order valence-corrected chi connectivity index (χ4v) is 1.64. The van der Waals surface area contributed by atoms with E-state index in [0.29, 0.717) is 4.73 Å². The van der Waals surface area contributed by atoms with Crippen LogP contribution in [-0.2, 0) is 6.54 Å². The van der Waals surface area contributed by atoms with E-state index in [1.54, 1.807) is 0 Å². The lowest BCUT2D eigenvalue weighted by Gasteiger charge is -2.16. The second-order valence-electron chi connectivity index (χ2n) is 4.00. The normalized spacial score (nSPS) is 11.4. The van der Waals surface area contributed by atoms with Crippen molar-refractivity contribution in [2.24, 2.45) is 0 Å².